The average molecular weight is 491 g/mol. The van der Waals surface area contributed by atoms with Crippen molar-refractivity contribution in [3.05, 3.63) is 71.8 Å². The minimum atomic E-state index is 0.701. The molecule has 202 valence electrons. The van der Waals surface area contributed by atoms with Gasteiger partial charge < -0.3 is 0 Å². The average Bonchev–Trinajstić information content (AvgIpc) is 2.91. The molecule has 2 rings (SSSR count). The van der Waals surface area contributed by atoms with E-state index in [1.165, 1.54) is 108 Å². The topological polar surface area (TPSA) is 0 Å². The lowest BCUT2D eigenvalue weighted by Gasteiger charge is -2.19. The second kappa shape index (κ2) is 19.5. The van der Waals surface area contributed by atoms with Crippen LogP contribution in [-0.2, 0) is 0 Å². The van der Waals surface area contributed by atoms with E-state index in [1.54, 1.807) is 5.56 Å². The van der Waals surface area contributed by atoms with Crippen LogP contribution in [0.25, 0.3) is 0 Å². The zero-order valence-corrected chi connectivity index (χ0v) is 24.4. The number of benzene rings is 2. The van der Waals surface area contributed by atoms with Crippen LogP contribution >= 0.6 is 0 Å². The number of hydrogen-bond donors (Lipinski definition) is 0. The van der Waals surface area contributed by atoms with Crippen LogP contribution in [0.15, 0.2) is 60.7 Å². The van der Waals surface area contributed by atoms with Gasteiger partial charge in [-0.1, -0.05) is 172 Å². The molecule has 36 heavy (non-hydrogen) atoms. The fourth-order valence-corrected chi connectivity index (χ4v) is 5.89. The van der Waals surface area contributed by atoms with Gasteiger partial charge in [0.05, 0.1) is 0 Å². The van der Waals surface area contributed by atoms with E-state index in [0.717, 1.165) is 17.8 Å². The molecule has 4 unspecified atom stereocenters. The third kappa shape index (κ3) is 13.7. The molecule has 4 atom stereocenters. The van der Waals surface area contributed by atoms with E-state index in [1.807, 2.05) is 0 Å². The smallest absolute Gasteiger partial charge is 0.0162 e. The molecule has 0 aromatic heterocycles. The monoisotopic (exact) mass is 490 g/mol. The molecule has 0 radical (unpaired) electrons. The van der Waals surface area contributed by atoms with E-state index < -0.39 is 0 Å². The lowest BCUT2D eigenvalue weighted by molar-refractivity contribution is 0.407. The summed E-state index contributed by atoms with van der Waals surface area (Å²) in [4.78, 5) is 0. The minimum absolute atomic E-state index is 0.701. The summed E-state index contributed by atoms with van der Waals surface area (Å²) >= 11 is 0. The Labute approximate surface area is 225 Å². The molecular formula is C36H58. The third-order valence-corrected chi connectivity index (χ3v) is 8.52. The first-order valence-electron chi connectivity index (χ1n) is 15.7. The molecule has 0 heteroatoms. The molecule has 0 amide bonds. The molecule has 0 saturated carbocycles. The molecule has 0 bridgehead atoms. The molecule has 0 fully saturated rings. The fourth-order valence-electron chi connectivity index (χ4n) is 5.89. The standard InChI is InChI=1S/C36H58/c1-5-6-20-31(2)22-17-18-29-36(35-27-15-10-16-28-35)30-19-23-32(3)21-11-7-8-12-24-33(4)34-25-13-9-14-26-34/h9-10,13-16,25-28,31-33,36H,5-8,11-12,17-24,29-30H2,1-4H3. The van der Waals surface area contributed by atoms with Gasteiger partial charge in [0.2, 0.25) is 0 Å². The highest BCUT2D eigenvalue weighted by molar-refractivity contribution is 5.19. The molecular weight excluding hydrogens is 432 g/mol. The van der Waals surface area contributed by atoms with Crippen LogP contribution in [-0.4, -0.2) is 0 Å². The lowest BCUT2D eigenvalue weighted by atomic mass is 9.86. The summed E-state index contributed by atoms with van der Waals surface area (Å²) in [5, 5.41) is 0. The Bertz CT molecular complexity index is 733. The van der Waals surface area contributed by atoms with Gasteiger partial charge in [-0.3, -0.25) is 0 Å². The summed E-state index contributed by atoms with van der Waals surface area (Å²) in [6.07, 6.45) is 22.3. The largest absolute Gasteiger partial charge is 0.0654 e. The van der Waals surface area contributed by atoms with E-state index in [-0.39, 0.29) is 0 Å². The van der Waals surface area contributed by atoms with Gasteiger partial charge >= 0.3 is 0 Å². The van der Waals surface area contributed by atoms with Crippen molar-refractivity contribution in [1.82, 2.24) is 0 Å². The first kappa shape index (κ1) is 30.7. The van der Waals surface area contributed by atoms with Crippen molar-refractivity contribution in [3.8, 4) is 0 Å². The summed E-state index contributed by atoms with van der Waals surface area (Å²) in [5.74, 6) is 3.25. The van der Waals surface area contributed by atoms with Crippen LogP contribution in [0.5, 0.6) is 0 Å². The number of rotatable bonds is 21. The molecule has 0 nitrogen and oxygen atoms in total. The second-order valence-corrected chi connectivity index (χ2v) is 12.0. The Hall–Kier alpha value is -1.56. The Morgan fingerprint density at radius 3 is 1.50 bits per heavy atom. The van der Waals surface area contributed by atoms with E-state index in [2.05, 4.69) is 88.4 Å². The normalized spacial score (nSPS) is 14.9. The summed E-state index contributed by atoms with van der Waals surface area (Å²) in [6, 6.07) is 22.4. The van der Waals surface area contributed by atoms with Crippen molar-refractivity contribution in [1.29, 1.82) is 0 Å². The summed E-state index contributed by atoms with van der Waals surface area (Å²) < 4.78 is 0. The highest BCUT2D eigenvalue weighted by Gasteiger charge is 2.13. The van der Waals surface area contributed by atoms with Gasteiger partial charge in [-0.2, -0.15) is 0 Å². The molecule has 2 aromatic carbocycles. The SMILES string of the molecule is CCCCC(C)CCCCC(CCCC(C)CCCCCCC(C)c1ccccc1)c1ccccc1. The summed E-state index contributed by atoms with van der Waals surface area (Å²) in [6.45, 7) is 9.64. The molecule has 0 saturated heterocycles. The van der Waals surface area contributed by atoms with Gasteiger partial charge in [-0.25, -0.2) is 0 Å². The third-order valence-electron chi connectivity index (χ3n) is 8.52. The van der Waals surface area contributed by atoms with E-state index in [0.29, 0.717) is 5.92 Å². The van der Waals surface area contributed by atoms with Crippen molar-refractivity contribution in [2.24, 2.45) is 11.8 Å². The first-order chi connectivity index (χ1) is 17.6. The predicted octanol–water partition coefficient (Wildman–Crippen LogP) is 12.1. The van der Waals surface area contributed by atoms with Crippen LogP contribution in [0.3, 0.4) is 0 Å². The van der Waals surface area contributed by atoms with Gasteiger partial charge in [-0.15, -0.1) is 0 Å². The zero-order valence-electron chi connectivity index (χ0n) is 24.4. The van der Waals surface area contributed by atoms with Crippen molar-refractivity contribution in [3.63, 3.8) is 0 Å². The first-order valence-corrected chi connectivity index (χ1v) is 15.7. The van der Waals surface area contributed by atoms with Crippen LogP contribution in [0.4, 0.5) is 0 Å². The van der Waals surface area contributed by atoms with Gasteiger partial charge in [0.15, 0.2) is 0 Å². The Morgan fingerprint density at radius 2 is 0.889 bits per heavy atom. The van der Waals surface area contributed by atoms with E-state index in [9.17, 15) is 0 Å². The second-order valence-electron chi connectivity index (χ2n) is 12.0. The maximum absolute atomic E-state index is 2.49. The van der Waals surface area contributed by atoms with E-state index in [4.69, 9.17) is 0 Å². The van der Waals surface area contributed by atoms with Crippen LogP contribution in [0, 0.1) is 11.8 Å². The summed E-state index contributed by atoms with van der Waals surface area (Å²) in [7, 11) is 0. The molecule has 0 spiro atoms. The number of hydrogen-bond acceptors (Lipinski definition) is 0. The summed E-state index contributed by atoms with van der Waals surface area (Å²) in [5.41, 5.74) is 3.08. The highest BCUT2D eigenvalue weighted by Crippen LogP contribution is 2.30. The minimum Gasteiger partial charge on any atom is -0.0654 e. The van der Waals surface area contributed by atoms with Crippen LogP contribution in [0.2, 0.25) is 0 Å². The van der Waals surface area contributed by atoms with Crippen molar-refractivity contribution in [2.45, 2.75) is 142 Å². The predicted molar refractivity (Wildman–Crippen MR) is 162 cm³/mol. The van der Waals surface area contributed by atoms with Crippen LogP contribution in [0.1, 0.15) is 153 Å². The molecule has 2 aromatic rings. The van der Waals surface area contributed by atoms with Crippen LogP contribution < -0.4 is 0 Å². The van der Waals surface area contributed by atoms with Gasteiger partial charge in [0, 0.05) is 0 Å². The molecule has 0 aliphatic carbocycles. The Kier molecular flexibility index (Phi) is 16.6. The lowest BCUT2D eigenvalue weighted by Crippen LogP contribution is -2.03. The maximum atomic E-state index is 2.49. The Morgan fingerprint density at radius 1 is 0.444 bits per heavy atom. The van der Waals surface area contributed by atoms with Crippen molar-refractivity contribution < 1.29 is 0 Å². The van der Waals surface area contributed by atoms with Crippen molar-refractivity contribution in [2.75, 3.05) is 0 Å². The van der Waals surface area contributed by atoms with E-state index >= 15 is 0 Å². The molecule has 0 aliphatic rings. The van der Waals surface area contributed by atoms with Crippen molar-refractivity contribution >= 4 is 0 Å². The highest BCUT2D eigenvalue weighted by atomic mass is 14.2. The quantitative estimate of drug-likeness (QED) is 0.153. The number of unbranched alkanes of at least 4 members (excludes halogenated alkanes) is 5. The van der Waals surface area contributed by atoms with Gasteiger partial charge in [0.1, 0.15) is 0 Å². The molecule has 0 aliphatic heterocycles. The molecule has 0 heterocycles. The molecule has 0 N–H and O–H groups in total. The Balaban J connectivity index is 1.58. The zero-order chi connectivity index (χ0) is 25.8. The van der Waals surface area contributed by atoms with Gasteiger partial charge in [-0.05, 0) is 54.1 Å². The van der Waals surface area contributed by atoms with Gasteiger partial charge in [0.25, 0.3) is 0 Å². The maximum Gasteiger partial charge on any atom is -0.0162 e. The fraction of sp³-hybridized carbons (Fsp3) is 0.667.